The summed E-state index contributed by atoms with van der Waals surface area (Å²) in [4.78, 5) is 63.4. The fraction of sp³-hybridized carbons (Fsp3) is 0.250. The molecule has 0 saturated heterocycles. The number of carbonyl (C=O) groups excluding carboxylic acids is 2. The summed E-state index contributed by atoms with van der Waals surface area (Å²) in [5, 5.41) is 11.3. The number of nitrogens with zero attached hydrogens (tertiary/aromatic N) is 4. The maximum atomic E-state index is 13.5. The minimum Gasteiger partial charge on any atom is -0.481 e. The molecule has 12 nitrogen and oxygen atoms in total. The number of nitro benzene ring substituents is 1. The Hall–Kier alpha value is -4.74. The molecule has 186 valence electrons. The molecule has 12 heteroatoms. The van der Waals surface area contributed by atoms with Gasteiger partial charge >= 0.3 is 11.7 Å². The number of benzene rings is 2. The Balaban J connectivity index is 1.90. The number of fused-ring (bicyclic) bond motifs is 1. The highest BCUT2D eigenvalue weighted by Crippen LogP contribution is 2.32. The lowest BCUT2D eigenvalue weighted by Crippen LogP contribution is -2.42. The first-order chi connectivity index (χ1) is 17.1. The van der Waals surface area contributed by atoms with Gasteiger partial charge in [-0.25, -0.2) is 9.59 Å². The Morgan fingerprint density at radius 2 is 1.94 bits per heavy atom. The number of amides is 1. The molecule has 2 heterocycles. The van der Waals surface area contributed by atoms with Crippen LogP contribution < -0.4 is 20.9 Å². The van der Waals surface area contributed by atoms with Crippen LogP contribution in [0.5, 0.6) is 5.75 Å². The van der Waals surface area contributed by atoms with E-state index in [9.17, 15) is 29.3 Å². The molecule has 1 amide bonds. The zero-order valence-electron chi connectivity index (χ0n) is 19.7. The molecule has 1 aromatic heterocycles. The van der Waals surface area contributed by atoms with E-state index in [0.29, 0.717) is 17.0 Å². The molecule has 0 atom stereocenters. The molecule has 0 bridgehead atoms. The molecular weight excluding hydrogens is 472 g/mol. The summed E-state index contributed by atoms with van der Waals surface area (Å²) in [6, 6.07) is 8.98. The van der Waals surface area contributed by atoms with Gasteiger partial charge in [0.15, 0.2) is 6.61 Å². The normalized spacial score (nSPS) is 12.6. The molecule has 1 aliphatic rings. The van der Waals surface area contributed by atoms with E-state index in [2.05, 4.69) is 0 Å². The molecule has 0 fully saturated rings. The number of anilines is 1. The Kier molecular flexibility index (Phi) is 6.43. The van der Waals surface area contributed by atoms with Crippen molar-refractivity contribution >= 4 is 23.3 Å². The first-order valence-electron chi connectivity index (χ1n) is 10.9. The van der Waals surface area contributed by atoms with E-state index < -0.39 is 22.1 Å². The third kappa shape index (κ3) is 4.24. The second-order valence-electron chi connectivity index (χ2n) is 8.02. The molecule has 0 spiro atoms. The number of carbonyl (C=O) groups is 2. The molecule has 0 radical (unpaired) electrons. The van der Waals surface area contributed by atoms with Crippen molar-refractivity contribution < 1.29 is 24.0 Å². The SMILES string of the molecule is CCOC(=O)c1cn(-c2ccc3c(c2)OCC(=O)N3C)c(=O)n(Cc2cccc([N+](=O)[O-])c2C)c1=O. The molecule has 4 rings (SSSR count). The molecule has 2 aromatic carbocycles. The summed E-state index contributed by atoms with van der Waals surface area (Å²) < 4.78 is 12.4. The second-order valence-corrected chi connectivity index (χ2v) is 8.02. The first-order valence-corrected chi connectivity index (χ1v) is 10.9. The fourth-order valence-corrected chi connectivity index (χ4v) is 3.90. The number of nitro groups is 1. The predicted molar refractivity (Wildman–Crippen MR) is 128 cm³/mol. The van der Waals surface area contributed by atoms with Crippen LogP contribution in [0.1, 0.15) is 28.4 Å². The van der Waals surface area contributed by atoms with E-state index in [1.54, 1.807) is 32.2 Å². The van der Waals surface area contributed by atoms with Crippen molar-refractivity contribution in [3.63, 3.8) is 0 Å². The number of hydrogen-bond acceptors (Lipinski definition) is 8. The van der Waals surface area contributed by atoms with Crippen LogP contribution in [-0.2, 0) is 16.1 Å². The van der Waals surface area contributed by atoms with E-state index in [0.717, 1.165) is 15.3 Å². The van der Waals surface area contributed by atoms with Gasteiger partial charge in [-0.3, -0.25) is 28.8 Å². The maximum Gasteiger partial charge on any atom is 0.345 e. The lowest BCUT2D eigenvalue weighted by molar-refractivity contribution is -0.385. The average molecular weight is 494 g/mol. The molecule has 1 aliphatic heterocycles. The van der Waals surface area contributed by atoms with Crippen LogP contribution in [0.3, 0.4) is 0 Å². The Labute approximate surface area is 204 Å². The minimum absolute atomic E-state index is 0.00837. The van der Waals surface area contributed by atoms with E-state index in [1.165, 1.54) is 30.0 Å². The van der Waals surface area contributed by atoms with Crippen molar-refractivity contribution in [2.75, 3.05) is 25.2 Å². The lowest BCUT2D eigenvalue weighted by Gasteiger charge is -2.26. The number of aromatic nitrogens is 2. The standard InChI is InChI=1S/C24H22N4O8/c1-4-35-23(31)17-12-26(16-8-9-19-20(10-16)36-13-21(29)25(19)3)24(32)27(22(17)30)11-15-6-5-7-18(14(15)2)28(33)34/h5-10,12H,4,11,13H2,1-3H3. The topological polar surface area (TPSA) is 143 Å². The highest BCUT2D eigenvalue weighted by molar-refractivity contribution is 5.97. The van der Waals surface area contributed by atoms with Gasteiger partial charge < -0.3 is 14.4 Å². The monoisotopic (exact) mass is 494 g/mol. The smallest absolute Gasteiger partial charge is 0.345 e. The van der Waals surface area contributed by atoms with Crippen LogP contribution in [0.2, 0.25) is 0 Å². The van der Waals surface area contributed by atoms with Crippen LogP contribution in [0, 0.1) is 17.0 Å². The summed E-state index contributed by atoms with van der Waals surface area (Å²) >= 11 is 0. The van der Waals surface area contributed by atoms with E-state index >= 15 is 0 Å². The quantitative estimate of drug-likeness (QED) is 0.287. The fourth-order valence-electron chi connectivity index (χ4n) is 3.90. The van der Waals surface area contributed by atoms with Crippen LogP contribution in [0.25, 0.3) is 5.69 Å². The number of esters is 1. The van der Waals surface area contributed by atoms with Crippen LogP contribution in [0.15, 0.2) is 52.2 Å². The van der Waals surface area contributed by atoms with Crippen molar-refractivity contribution in [1.29, 1.82) is 0 Å². The summed E-state index contributed by atoms with van der Waals surface area (Å²) in [7, 11) is 1.59. The Bertz CT molecular complexity index is 1520. The van der Waals surface area contributed by atoms with Gasteiger partial charge in [-0.15, -0.1) is 0 Å². The van der Waals surface area contributed by atoms with Gasteiger partial charge in [-0.05, 0) is 31.5 Å². The lowest BCUT2D eigenvalue weighted by atomic mass is 10.1. The average Bonchev–Trinajstić information content (AvgIpc) is 2.85. The number of ether oxygens (including phenoxy) is 2. The molecule has 0 aliphatic carbocycles. The summed E-state index contributed by atoms with van der Waals surface area (Å²) in [5.41, 5.74) is -0.787. The molecule has 0 unspecified atom stereocenters. The molecule has 36 heavy (non-hydrogen) atoms. The van der Waals surface area contributed by atoms with E-state index in [4.69, 9.17) is 9.47 Å². The van der Waals surface area contributed by atoms with Crippen LogP contribution in [-0.4, -0.2) is 46.2 Å². The highest BCUT2D eigenvalue weighted by Gasteiger charge is 2.25. The summed E-state index contributed by atoms with van der Waals surface area (Å²) in [6.45, 7) is 2.62. The zero-order chi connectivity index (χ0) is 26.1. The third-order valence-corrected chi connectivity index (χ3v) is 5.92. The third-order valence-electron chi connectivity index (χ3n) is 5.92. The molecular formula is C24H22N4O8. The maximum absolute atomic E-state index is 13.5. The van der Waals surface area contributed by atoms with Crippen LogP contribution in [0.4, 0.5) is 11.4 Å². The van der Waals surface area contributed by atoms with Crippen molar-refractivity contribution in [2.45, 2.75) is 20.4 Å². The van der Waals surface area contributed by atoms with Gasteiger partial charge in [0.2, 0.25) is 0 Å². The van der Waals surface area contributed by atoms with Gasteiger partial charge in [-0.1, -0.05) is 12.1 Å². The number of likely N-dealkylation sites (N-methyl/N-ethyl adjacent to an activating group) is 1. The zero-order valence-corrected chi connectivity index (χ0v) is 19.7. The molecule has 0 saturated carbocycles. The van der Waals surface area contributed by atoms with Gasteiger partial charge in [0.25, 0.3) is 17.2 Å². The Morgan fingerprint density at radius 3 is 2.64 bits per heavy atom. The molecule has 0 N–H and O–H groups in total. The highest BCUT2D eigenvalue weighted by atomic mass is 16.6. The minimum atomic E-state index is -0.916. The summed E-state index contributed by atoms with van der Waals surface area (Å²) in [6.07, 6.45) is 1.10. The van der Waals surface area contributed by atoms with Crippen molar-refractivity contribution in [3.8, 4) is 11.4 Å². The first kappa shape index (κ1) is 24.4. The van der Waals surface area contributed by atoms with Crippen molar-refractivity contribution in [2.24, 2.45) is 0 Å². The van der Waals surface area contributed by atoms with Gasteiger partial charge in [0, 0.05) is 30.9 Å². The van der Waals surface area contributed by atoms with Gasteiger partial charge in [0.05, 0.1) is 29.4 Å². The van der Waals surface area contributed by atoms with Gasteiger partial charge in [0.1, 0.15) is 11.3 Å². The van der Waals surface area contributed by atoms with Crippen LogP contribution >= 0.6 is 0 Å². The largest absolute Gasteiger partial charge is 0.481 e. The van der Waals surface area contributed by atoms with E-state index in [-0.39, 0.29) is 48.2 Å². The number of hydrogen-bond donors (Lipinski definition) is 0. The van der Waals surface area contributed by atoms with E-state index in [1.807, 2.05) is 0 Å². The second kappa shape index (κ2) is 9.49. The molecule has 3 aromatic rings. The van der Waals surface area contributed by atoms with Crippen molar-refractivity contribution in [1.82, 2.24) is 9.13 Å². The van der Waals surface area contributed by atoms with Gasteiger partial charge in [-0.2, -0.15) is 0 Å². The Morgan fingerprint density at radius 1 is 1.19 bits per heavy atom. The predicted octanol–water partition coefficient (Wildman–Crippen LogP) is 1.80. The van der Waals surface area contributed by atoms with Crippen molar-refractivity contribution in [3.05, 3.63) is 90.2 Å². The number of rotatable bonds is 6. The summed E-state index contributed by atoms with van der Waals surface area (Å²) in [5.74, 6) is -0.815.